The molecule has 1 aliphatic rings. The molecule has 198 valence electrons. The van der Waals surface area contributed by atoms with Crippen molar-refractivity contribution in [1.29, 1.82) is 0 Å². The number of benzene rings is 3. The van der Waals surface area contributed by atoms with E-state index < -0.39 is 17.7 Å². The average Bonchev–Trinajstić information content (AvgIpc) is 3.58. The lowest BCUT2D eigenvalue weighted by molar-refractivity contribution is -0.132. The number of aromatic nitrogens is 3. The number of aliphatic hydroxyl groups is 1. The van der Waals surface area contributed by atoms with E-state index in [0.717, 1.165) is 12.0 Å². The monoisotopic (exact) mass is 564 g/mol. The highest BCUT2D eigenvalue weighted by molar-refractivity contribution is 8.00. The molecule has 0 bridgehead atoms. The highest BCUT2D eigenvalue weighted by Crippen LogP contribution is 2.44. The maximum atomic E-state index is 13.4. The highest BCUT2D eigenvalue weighted by atomic mass is 32.2. The number of carbonyl (C=O) groups excluding carboxylic acids is 2. The van der Waals surface area contributed by atoms with Gasteiger partial charge in [0.1, 0.15) is 5.76 Å². The Morgan fingerprint density at radius 3 is 2.48 bits per heavy atom. The van der Waals surface area contributed by atoms with Crippen LogP contribution in [0.15, 0.2) is 101 Å². The van der Waals surface area contributed by atoms with Gasteiger partial charge in [0.2, 0.25) is 5.13 Å². The molecule has 3 aromatic carbocycles. The molecule has 1 aliphatic heterocycles. The van der Waals surface area contributed by atoms with Gasteiger partial charge in [-0.1, -0.05) is 96.8 Å². The molecule has 1 unspecified atom stereocenters. The third-order valence-corrected chi connectivity index (χ3v) is 9.04. The van der Waals surface area contributed by atoms with E-state index in [2.05, 4.69) is 46.4 Å². The Bertz CT molecular complexity index is 1740. The summed E-state index contributed by atoms with van der Waals surface area (Å²) in [6.45, 7) is 2.06. The van der Waals surface area contributed by atoms with Crippen LogP contribution in [0.25, 0.3) is 16.5 Å². The van der Waals surface area contributed by atoms with Crippen LogP contribution in [0.2, 0.25) is 0 Å². The molecule has 1 N–H and O–H groups in total. The van der Waals surface area contributed by atoms with Crippen LogP contribution in [0.1, 0.15) is 35.2 Å². The van der Waals surface area contributed by atoms with Gasteiger partial charge < -0.3 is 5.11 Å². The lowest BCUT2D eigenvalue weighted by Crippen LogP contribution is -2.29. The number of amides is 1. The van der Waals surface area contributed by atoms with Crippen molar-refractivity contribution >= 4 is 56.5 Å². The van der Waals surface area contributed by atoms with Crippen molar-refractivity contribution in [3.63, 3.8) is 0 Å². The quantitative estimate of drug-likeness (QED) is 0.0785. The molecule has 5 aromatic rings. The van der Waals surface area contributed by atoms with E-state index in [1.54, 1.807) is 12.1 Å². The number of anilines is 1. The SMILES string of the molecule is CCc1ccc(C2/C(=C(\O)c3ccncc3)C(=O)C(=O)N2c2nnc(SCc3cccc4ccccc34)s2)cc1. The number of rotatable bonds is 7. The molecule has 3 heterocycles. The summed E-state index contributed by atoms with van der Waals surface area (Å²) < 4.78 is 0.680. The van der Waals surface area contributed by atoms with E-state index in [4.69, 9.17) is 0 Å². The van der Waals surface area contributed by atoms with Crippen molar-refractivity contribution in [2.45, 2.75) is 29.5 Å². The van der Waals surface area contributed by atoms with Crippen LogP contribution in [0.5, 0.6) is 0 Å². The number of Topliss-reactive ketones (excluding diaryl/α,β-unsaturated/α-hetero) is 1. The first-order valence-corrected chi connectivity index (χ1v) is 14.6. The van der Waals surface area contributed by atoms with Crippen LogP contribution in [0.4, 0.5) is 5.13 Å². The third-order valence-electron chi connectivity index (χ3n) is 6.93. The van der Waals surface area contributed by atoms with Crippen molar-refractivity contribution in [2.24, 2.45) is 0 Å². The number of aliphatic hydroxyl groups excluding tert-OH is 1. The Hall–Kier alpha value is -4.34. The molecule has 1 atom stereocenters. The number of fused-ring (bicyclic) bond motifs is 1. The van der Waals surface area contributed by atoms with Gasteiger partial charge in [-0.25, -0.2) is 0 Å². The van der Waals surface area contributed by atoms with E-state index >= 15 is 0 Å². The van der Waals surface area contributed by atoms with Gasteiger partial charge in [-0.2, -0.15) is 0 Å². The zero-order chi connectivity index (χ0) is 27.6. The largest absolute Gasteiger partial charge is 0.507 e. The predicted molar refractivity (Wildman–Crippen MR) is 158 cm³/mol. The maximum Gasteiger partial charge on any atom is 0.301 e. The van der Waals surface area contributed by atoms with Crippen molar-refractivity contribution in [2.75, 3.05) is 4.90 Å². The van der Waals surface area contributed by atoms with Crippen molar-refractivity contribution in [3.05, 3.63) is 119 Å². The first-order valence-electron chi connectivity index (χ1n) is 12.8. The van der Waals surface area contributed by atoms with Crippen LogP contribution < -0.4 is 4.90 Å². The summed E-state index contributed by atoms with van der Waals surface area (Å²) in [5.74, 6) is -1.08. The Labute approximate surface area is 239 Å². The van der Waals surface area contributed by atoms with Gasteiger partial charge in [0.15, 0.2) is 4.34 Å². The molecule has 40 heavy (non-hydrogen) atoms. The lowest BCUT2D eigenvalue weighted by Gasteiger charge is -2.22. The van der Waals surface area contributed by atoms with Gasteiger partial charge in [-0.3, -0.25) is 19.5 Å². The number of pyridine rings is 1. The maximum absolute atomic E-state index is 13.4. The van der Waals surface area contributed by atoms with E-state index in [1.807, 2.05) is 42.5 Å². The fourth-order valence-corrected chi connectivity index (χ4v) is 6.73. The number of hydrogen-bond acceptors (Lipinski definition) is 8. The molecule has 0 saturated carbocycles. The van der Waals surface area contributed by atoms with Gasteiger partial charge in [0.25, 0.3) is 5.78 Å². The molecule has 7 nitrogen and oxygen atoms in total. The summed E-state index contributed by atoms with van der Waals surface area (Å²) >= 11 is 2.79. The summed E-state index contributed by atoms with van der Waals surface area (Å²) in [4.78, 5) is 32.2. The summed E-state index contributed by atoms with van der Waals surface area (Å²) in [6.07, 6.45) is 3.91. The molecule has 2 aromatic heterocycles. The number of thioether (sulfide) groups is 1. The predicted octanol–water partition coefficient (Wildman–Crippen LogP) is 6.57. The molecule has 0 radical (unpaired) electrons. The minimum Gasteiger partial charge on any atom is -0.507 e. The van der Waals surface area contributed by atoms with Gasteiger partial charge >= 0.3 is 5.91 Å². The second kappa shape index (κ2) is 11.0. The number of nitrogens with zero attached hydrogens (tertiary/aromatic N) is 4. The second-order valence-electron chi connectivity index (χ2n) is 9.28. The summed E-state index contributed by atoms with van der Waals surface area (Å²) in [5.41, 5.74) is 3.42. The number of carbonyl (C=O) groups is 2. The van der Waals surface area contributed by atoms with Crippen LogP contribution >= 0.6 is 23.1 Å². The van der Waals surface area contributed by atoms with E-state index in [-0.39, 0.29) is 11.3 Å². The van der Waals surface area contributed by atoms with Crippen molar-refractivity contribution in [1.82, 2.24) is 15.2 Å². The van der Waals surface area contributed by atoms with E-state index in [1.165, 1.54) is 56.7 Å². The molecule has 1 amide bonds. The zero-order valence-corrected chi connectivity index (χ0v) is 23.2. The first kappa shape index (κ1) is 25.9. The standard InChI is InChI=1S/C31H24N4O3S2/c1-2-19-10-12-21(13-11-19)26-25(27(36)22-14-16-32-17-15-22)28(37)29(38)35(26)30-33-34-31(40-30)39-18-23-8-5-7-20-6-3-4-9-24(20)23/h3-17,26,36H,2,18H2,1H3/b27-25+. The fourth-order valence-electron chi connectivity index (χ4n) is 4.86. The summed E-state index contributed by atoms with van der Waals surface area (Å²) in [6, 6.07) is 24.5. The molecule has 1 saturated heterocycles. The third kappa shape index (κ3) is 4.78. The number of hydrogen-bond donors (Lipinski definition) is 1. The topological polar surface area (TPSA) is 96.3 Å². The lowest BCUT2D eigenvalue weighted by atomic mass is 9.95. The van der Waals surface area contributed by atoms with Gasteiger partial charge in [0.05, 0.1) is 11.6 Å². The van der Waals surface area contributed by atoms with Crippen LogP contribution in [-0.4, -0.2) is 32.0 Å². The molecule has 6 rings (SSSR count). The first-order chi connectivity index (χ1) is 19.5. The van der Waals surface area contributed by atoms with Crippen molar-refractivity contribution in [3.8, 4) is 0 Å². The summed E-state index contributed by atoms with van der Waals surface area (Å²) in [7, 11) is 0. The minimum atomic E-state index is -0.845. The normalized spacial score (nSPS) is 16.6. The Balaban J connectivity index is 1.36. The Morgan fingerprint density at radius 1 is 0.950 bits per heavy atom. The second-order valence-corrected chi connectivity index (χ2v) is 11.5. The van der Waals surface area contributed by atoms with E-state index in [0.29, 0.717) is 26.4 Å². The average molecular weight is 565 g/mol. The van der Waals surface area contributed by atoms with Crippen LogP contribution in [-0.2, 0) is 21.8 Å². The fraction of sp³-hybridized carbons (Fsp3) is 0.129. The zero-order valence-electron chi connectivity index (χ0n) is 21.5. The van der Waals surface area contributed by atoms with E-state index in [9.17, 15) is 14.7 Å². The number of ketones is 1. The number of aryl methyl sites for hydroxylation is 1. The van der Waals surface area contributed by atoms with Gasteiger partial charge in [0, 0.05) is 23.7 Å². The summed E-state index contributed by atoms with van der Waals surface area (Å²) in [5, 5.41) is 22.5. The van der Waals surface area contributed by atoms with Gasteiger partial charge in [-0.15, -0.1) is 10.2 Å². The molecular formula is C31H24N4O3S2. The van der Waals surface area contributed by atoms with Gasteiger partial charge in [-0.05, 0) is 46.0 Å². The molecule has 1 fully saturated rings. The molecular weight excluding hydrogens is 541 g/mol. The highest BCUT2D eigenvalue weighted by Gasteiger charge is 2.48. The molecule has 0 aliphatic carbocycles. The van der Waals surface area contributed by atoms with Crippen LogP contribution in [0, 0.1) is 0 Å². The minimum absolute atomic E-state index is 0.0145. The Morgan fingerprint density at radius 2 is 1.70 bits per heavy atom. The van der Waals surface area contributed by atoms with Crippen LogP contribution in [0.3, 0.4) is 0 Å². The molecule has 0 spiro atoms. The van der Waals surface area contributed by atoms with Crippen molar-refractivity contribution < 1.29 is 14.7 Å². The smallest absolute Gasteiger partial charge is 0.301 e. The Kier molecular flexibility index (Phi) is 7.15. The molecule has 9 heteroatoms.